The van der Waals surface area contributed by atoms with Crippen LogP contribution in [0.4, 0.5) is 0 Å². The van der Waals surface area contributed by atoms with E-state index < -0.39 is 12.1 Å². The Balaban J connectivity index is 1.31. The largest absolute Gasteiger partial charge is 0.471 e. The van der Waals surface area contributed by atoms with Crippen molar-refractivity contribution in [1.29, 1.82) is 0 Å². The smallest absolute Gasteiger partial charge is 0.218 e. The Labute approximate surface area is 235 Å². The SMILES string of the molecule is CC(=O)NC(Cc1cccc(-c2cncs2)c1)[C@H](O)CN[C@H]1CC2(CCC2)Oc2ncc(CC(C)(C)C)cc21. The molecule has 5 rings (SSSR count). The van der Waals surface area contributed by atoms with Crippen molar-refractivity contribution in [3.63, 3.8) is 0 Å². The molecule has 0 saturated heterocycles. The van der Waals surface area contributed by atoms with Crippen LogP contribution in [0.5, 0.6) is 5.88 Å². The molecule has 1 aliphatic heterocycles. The summed E-state index contributed by atoms with van der Waals surface area (Å²) >= 11 is 1.59. The van der Waals surface area contributed by atoms with E-state index in [4.69, 9.17) is 9.72 Å². The molecule has 3 atom stereocenters. The topological polar surface area (TPSA) is 96.4 Å². The van der Waals surface area contributed by atoms with Crippen molar-refractivity contribution in [2.45, 2.75) is 90.0 Å². The summed E-state index contributed by atoms with van der Waals surface area (Å²) in [4.78, 5) is 22.1. The van der Waals surface area contributed by atoms with Crippen LogP contribution in [0, 0.1) is 5.41 Å². The third-order valence-electron chi connectivity index (χ3n) is 7.73. The van der Waals surface area contributed by atoms with E-state index in [0.717, 1.165) is 53.7 Å². The average molecular weight is 549 g/mol. The van der Waals surface area contributed by atoms with E-state index in [1.807, 2.05) is 30.0 Å². The first-order valence-corrected chi connectivity index (χ1v) is 14.8. The summed E-state index contributed by atoms with van der Waals surface area (Å²) in [5.41, 5.74) is 6.21. The zero-order valence-corrected chi connectivity index (χ0v) is 24.2. The van der Waals surface area contributed by atoms with E-state index in [9.17, 15) is 9.90 Å². The third-order valence-corrected chi connectivity index (χ3v) is 8.55. The fourth-order valence-corrected chi connectivity index (χ4v) is 6.38. The highest BCUT2D eigenvalue weighted by Crippen LogP contribution is 2.48. The van der Waals surface area contributed by atoms with Gasteiger partial charge >= 0.3 is 0 Å². The lowest BCUT2D eigenvalue weighted by Gasteiger charge is -2.47. The van der Waals surface area contributed by atoms with Gasteiger partial charge in [0.2, 0.25) is 11.8 Å². The number of fused-ring (bicyclic) bond motifs is 1. The van der Waals surface area contributed by atoms with E-state index in [2.05, 4.69) is 54.6 Å². The summed E-state index contributed by atoms with van der Waals surface area (Å²) in [7, 11) is 0. The molecule has 3 N–H and O–H groups in total. The second-order valence-corrected chi connectivity index (χ2v) is 13.3. The number of thiazole rings is 1. The molecule has 2 aliphatic rings. The fourth-order valence-electron chi connectivity index (χ4n) is 5.76. The maximum absolute atomic E-state index is 12.1. The number of benzene rings is 1. The Morgan fingerprint density at radius 1 is 1.23 bits per heavy atom. The fraction of sp³-hybridized carbons (Fsp3) is 0.516. The number of nitrogens with one attached hydrogen (secondary N) is 2. The van der Waals surface area contributed by atoms with Crippen LogP contribution >= 0.6 is 11.3 Å². The number of hydrogen-bond donors (Lipinski definition) is 3. The maximum Gasteiger partial charge on any atom is 0.218 e. The highest BCUT2D eigenvalue weighted by molar-refractivity contribution is 7.13. The summed E-state index contributed by atoms with van der Waals surface area (Å²) in [6, 6.07) is 10.1. The van der Waals surface area contributed by atoms with E-state index in [1.165, 1.54) is 12.5 Å². The zero-order chi connectivity index (χ0) is 27.6. The van der Waals surface area contributed by atoms with Gasteiger partial charge in [-0.2, -0.15) is 0 Å². The minimum atomic E-state index is -0.768. The molecular formula is C31H40N4O3S. The van der Waals surface area contributed by atoms with Crippen molar-refractivity contribution < 1.29 is 14.6 Å². The van der Waals surface area contributed by atoms with E-state index in [-0.39, 0.29) is 23.0 Å². The summed E-state index contributed by atoms with van der Waals surface area (Å²) in [5, 5.41) is 18.0. The van der Waals surface area contributed by atoms with Crippen LogP contribution in [0.15, 0.2) is 48.2 Å². The van der Waals surface area contributed by atoms with Crippen molar-refractivity contribution in [2.75, 3.05) is 6.54 Å². The molecule has 2 aromatic heterocycles. The van der Waals surface area contributed by atoms with E-state index in [1.54, 1.807) is 11.3 Å². The van der Waals surface area contributed by atoms with Gasteiger partial charge in [0, 0.05) is 43.9 Å². The van der Waals surface area contributed by atoms with E-state index in [0.29, 0.717) is 18.8 Å². The number of carbonyl (C=O) groups excluding carboxylic acids is 1. The van der Waals surface area contributed by atoms with Crippen LogP contribution in [0.25, 0.3) is 10.4 Å². The molecule has 1 saturated carbocycles. The van der Waals surface area contributed by atoms with Gasteiger partial charge in [0.1, 0.15) is 5.60 Å². The Morgan fingerprint density at radius 3 is 2.72 bits per heavy atom. The first-order chi connectivity index (χ1) is 18.6. The summed E-state index contributed by atoms with van der Waals surface area (Å²) in [5.74, 6) is 0.558. The number of nitrogens with zero attached hydrogens (tertiary/aromatic N) is 2. The van der Waals surface area contributed by atoms with Gasteiger partial charge < -0.3 is 20.5 Å². The molecule has 3 heterocycles. The number of pyridine rings is 1. The first kappa shape index (κ1) is 27.7. The molecule has 1 aromatic carbocycles. The number of amides is 1. The standard InChI is InChI=1S/C31H40N4O3S/c1-20(36)35-25(13-21-7-5-8-23(11-21)28-18-32-19-39-28)27(37)17-33-26-15-31(9-6-10-31)38-29-24(26)12-22(16-34-29)14-30(2,3)4/h5,7-8,11-12,16,18-19,25-27,33,37H,6,9-10,13-15,17H2,1-4H3,(H,35,36)/t25?,26-,27+/m0/s1. The van der Waals surface area contributed by atoms with Crippen molar-refractivity contribution >= 4 is 17.2 Å². The monoisotopic (exact) mass is 548 g/mol. The Bertz CT molecular complexity index is 1280. The Morgan fingerprint density at radius 2 is 2.05 bits per heavy atom. The van der Waals surface area contributed by atoms with Crippen LogP contribution in [0.2, 0.25) is 0 Å². The molecule has 0 radical (unpaired) electrons. The lowest BCUT2D eigenvalue weighted by Crippen LogP contribution is -2.52. The molecule has 3 aromatic rings. The van der Waals surface area contributed by atoms with Gasteiger partial charge in [-0.15, -0.1) is 11.3 Å². The van der Waals surface area contributed by atoms with Crippen molar-refractivity contribution in [2.24, 2.45) is 5.41 Å². The normalized spacial score (nSPS) is 19.5. The Hall–Kier alpha value is -2.81. The lowest BCUT2D eigenvalue weighted by atomic mass is 9.73. The van der Waals surface area contributed by atoms with Gasteiger partial charge in [-0.3, -0.25) is 9.78 Å². The number of aliphatic hydroxyl groups excluding tert-OH is 1. The molecule has 1 amide bonds. The predicted molar refractivity (Wildman–Crippen MR) is 155 cm³/mol. The van der Waals surface area contributed by atoms with Gasteiger partial charge in [-0.05, 0) is 60.3 Å². The molecular weight excluding hydrogens is 508 g/mol. The van der Waals surface area contributed by atoms with Gasteiger partial charge in [0.15, 0.2) is 0 Å². The molecule has 0 bridgehead atoms. The second kappa shape index (κ2) is 11.4. The van der Waals surface area contributed by atoms with E-state index >= 15 is 0 Å². The van der Waals surface area contributed by atoms with Gasteiger partial charge in [0.25, 0.3) is 0 Å². The highest BCUT2D eigenvalue weighted by Gasteiger charge is 2.46. The van der Waals surface area contributed by atoms with Crippen LogP contribution in [-0.2, 0) is 17.6 Å². The van der Waals surface area contributed by atoms with Crippen molar-refractivity contribution in [3.05, 3.63) is 64.9 Å². The van der Waals surface area contributed by atoms with Gasteiger partial charge in [-0.1, -0.05) is 45.0 Å². The molecule has 1 spiro atoms. The Kier molecular flexibility index (Phi) is 8.08. The van der Waals surface area contributed by atoms with Crippen molar-refractivity contribution in [1.82, 2.24) is 20.6 Å². The number of ether oxygens (including phenoxy) is 1. The average Bonchev–Trinajstić information content (AvgIpc) is 3.40. The molecule has 1 fully saturated rings. The minimum absolute atomic E-state index is 0.0313. The first-order valence-electron chi connectivity index (χ1n) is 13.9. The number of carbonyl (C=O) groups is 1. The van der Waals surface area contributed by atoms with Gasteiger partial charge in [0.05, 0.1) is 22.5 Å². The number of rotatable bonds is 9. The lowest BCUT2D eigenvalue weighted by molar-refractivity contribution is -0.120. The summed E-state index contributed by atoms with van der Waals surface area (Å²) in [6.45, 7) is 8.54. The zero-order valence-electron chi connectivity index (χ0n) is 23.4. The summed E-state index contributed by atoms with van der Waals surface area (Å²) in [6.07, 6.45) is 8.58. The molecule has 208 valence electrons. The second-order valence-electron chi connectivity index (χ2n) is 12.4. The predicted octanol–water partition coefficient (Wildman–Crippen LogP) is 5.24. The molecule has 7 nitrogen and oxygen atoms in total. The van der Waals surface area contributed by atoms with Crippen LogP contribution in [0.3, 0.4) is 0 Å². The minimum Gasteiger partial charge on any atom is -0.471 e. The molecule has 1 aliphatic carbocycles. The maximum atomic E-state index is 12.1. The number of hydrogen-bond acceptors (Lipinski definition) is 7. The van der Waals surface area contributed by atoms with Crippen LogP contribution in [0.1, 0.15) is 76.1 Å². The quantitative estimate of drug-likeness (QED) is 0.339. The molecule has 1 unspecified atom stereocenters. The van der Waals surface area contributed by atoms with Gasteiger partial charge in [-0.25, -0.2) is 4.98 Å². The highest BCUT2D eigenvalue weighted by atomic mass is 32.1. The summed E-state index contributed by atoms with van der Waals surface area (Å²) < 4.78 is 6.42. The van der Waals surface area contributed by atoms with Crippen molar-refractivity contribution in [3.8, 4) is 16.3 Å². The molecule has 39 heavy (non-hydrogen) atoms. The number of aliphatic hydroxyl groups is 1. The van der Waals surface area contributed by atoms with Crippen LogP contribution < -0.4 is 15.4 Å². The van der Waals surface area contributed by atoms with Crippen LogP contribution in [-0.4, -0.2) is 45.3 Å². The third kappa shape index (κ3) is 6.86. The number of aromatic nitrogens is 2. The molecule has 8 heteroatoms.